The van der Waals surface area contributed by atoms with E-state index in [0.717, 1.165) is 23.8 Å². The van der Waals surface area contributed by atoms with Gasteiger partial charge in [-0.2, -0.15) is 0 Å². The molecule has 4 atom stereocenters. The first kappa shape index (κ1) is 12.7. The van der Waals surface area contributed by atoms with Crippen LogP contribution in [0.15, 0.2) is 18.2 Å². The molecule has 0 saturated heterocycles. The van der Waals surface area contributed by atoms with Gasteiger partial charge in [-0.1, -0.05) is 44.9 Å². The molecule has 4 rings (SSSR count). The smallest absolute Gasteiger partial charge is 0.0410 e. The summed E-state index contributed by atoms with van der Waals surface area (Å²) in [7, 11) is 0. The van der Waals surface area contributed by atoms with Gasteiger partial charge in [-0.3, -0.25) is 0 Å². The van der Waals surface area contributed by atoms with E-state index in [2.05, 4.69) is 44.3 Å². The van der Waals surface area contributed by atoms with Crippen molar-refractivity contribution in [1.82, 2.24) is 0 Å². The lowest BCUT2D eigenvalue weighted by Gasteiger charge is -2.52. The SMILES string of the molecule is Cc1cccc2c1N[C@@H]1[C@@H]3CCC[C@H]3CC[C@@H]1C2(C)C. The van der Waals surface area contributed by atoms with Crippen molar-refractivity contribution in [2.75, 3.05) is 5.32 Å². The molecule has 1 aliphatic heterocycles. The highest BCUT2D eigenvalue weighted by Gasteiger charge is 2.50. The van der Waals surface area contributed by atoms with Crippen molar-refractivity contribution < 1.29 is 0 Å². The third-order valence-electron chi connectivity index (χ3n) is 6.67. The Morgan fingerprint density at radius 3 is 2.80 bits per heavy atom. The lowest BCUT2D eigenvalue weighted by molar-refractivity contribution is 0.121. The molecule has 0 radical (unpaired) electrons. The zero-order chi connectivity index (χ0) is 13.9. The number of rotatable bonds is 0. The predicted octanol–water partition coefficient (Wildman–Crippen LogP) is 4.89. The molecule has 2 saturated carbocycles. The largest absolute Gasteiger partial charge is 0.381 e. The van der Waals surface area contributed by atoms with E-state index in [4.69, 9.17) is 0 Å². The van der Waals surface area contributed by atoms with E-state index in [1.165, 1.54) is 43.4 Å². The molecule has 0 amide bonds. The number of nitrogens with one attached hydrogen (secondary N) is 1. The molecule has 0 spiro atoms. The second-order valence-electron chi connectivity index (χ2n) is 7.93. The number of para-hydroxylation sites is 1. The molecular weight excluding hydrogens is 242 g/mol. The van der Waals surface area contributed by atoms with Crippen LogP contribution in [0.5, 0.6) is 0 Å². The quantitative estimate of drug-likeness (QED) is 0.707. The summed E-state index contributed by atoms with van der Waals surface area (Å²) in [6.07, 6.45) is 7.28. The molecule has 1 N–H and O–H groups in total. The summed E-state index contributed by atoms with van der Waals surface area (Å²) < 4.78 is 0. The molecule has 0 aromatic heterocycles. The summed E-state index contributed by atoms with van der Waals surface area (Å²) >= 11 is 0. The van der Waals surface area contributed by atoms with E-state index < -0.39 is 0 Å². The molecule has 0 bridgehead atoms. The Labute approximate surface area is 123 Å². The van der Waals surface area contributed by atoms with Gasteiger partial charge in [0.2, 0.25) is 0 Å². The molecule has 0 unspecified atom stereocenters. The number of benzene rings is 1. The van der Waals surface area contributed by atoms with Crippen LogP contribution in [0.4, 0.5) is 5.69 Å². The first-order chi connectivity index (χ1) is 9.59. The van der Waals surface area contributed by atoms with Crippen LogP contribution in [0.1, 0.15) is 57.1 Å². The fourth-order valence-corrected chi connectivity index (χ4v) is 5.55. The molecule has 1 aromatic rings. The Morgan fingerprint density at radius 2 is 1.95 bits per heavy atom. The fourth-order valence-electron chi connectivity index (χ4n) is 5.55. The first-order valence-corrected chi connectivity index (χ1v) is 8.45. The van der Waals surface area contributed by atoms with E-state index in [-0.39, 0.29) is 0 Å². The molecule has 1 nitrogen and oxygen atoms in total. The Hall–Kier alpha value is -0.980. The third kappa shape index (κ3) is 1.61. The standard InChI is InChI=1S/C19H27N/c1-12-6-4-9-15-17(12)20-18-14-8-5-7-13(14)10-11-16(18)19(15,2)3/h4,6,9,13-14,16,18,20H,5,7-8,10-11H2,1-3H3/t13-,14+,16-,18+/m0/s1. The van der Waals surface area contributed by atoms with Crippen molar-refractivity contribution in [3.63, 3.8) is 0 Å². The van der Waals surface area contributed by atoms with Crippen LogP contribution in [0.25, 0.3) is 0 Å². The minimum atomic E-state index is 0.324. The van der Waals surface area contributed by atoms with Crippen LogP contribution in [0, 0.1) is 24.7 Å². The summed E-state index contributed by atoms with van der Waals surface area (Å²) in [5.74, 6) is 2.75. The number of hydrogen-bond donors (Lipinski definition) is 1. The summed E-state index contributed by atoms with van der Waals surface area (Å²) in [6.45, 7) is 7.23. The fraction of sp³-hybridized carbons (Fsp3) is 0.684. The summed E-state index contributed by atoms with van der Waals surface area (Å²) in [5, 5.41) is 3.99. The van der Waals surface area contributed by atoms with Gasteiger partial charge in [0.1, 0.15) is 0 Å². The molecule has 108 valence electrons. The molecule has 3 aliphatic rings. The van der Waals surface area contributed by atoms with Crippen molar-refractivity contribution in [1.29, 1.82) is 0 Å². The van der Waals surface area contributed by atoms with Crippen LogP contribution in [-0.4, -0.2) is 6.04 Å². The Bertz CT molecular complexity index is 531. The molecule has 2 aliphatic carbocycles. The van der Waals surface area contributed by atoms with Gasteiger partial charge in [0.25, 0.3) is 0 Å². The van der Waals surface area contributed by atoms with Crippen LogP contribution in [-0.2, 0) is 5.41 Å². The van der Waals surface area contributed by atoms with Crippen LogP contribution in [0.3, 0.4) is 0 Å². The van der Waals surface area contributed by atoms with Crippen LogP contribution in [0.2, 0.25) is 0 Å². The molecule has 2 fully saturated rings. The maximum Gasteiger partial charge on any atom is 0.0410 e. The van der Waals surface area contributed by atoms with E-state index in [0.29, 0.717) is 5.41 Å². The first-order valence-electron chi connectivity index (χ1n) is 8.45. The van der Waals surface area contributed by atoms with E-state index >= 15 is 0 Å². The third-order valence-corrected chi connectivity index (χ3v) is 6.67. The summed E-state index contributed by atoms with van der Waals surface area (Å²) in [4.78, 5) is 0. The Morgan fingerprint density at radius 1 is 1.10 bits per heavy atom. The van der Waals surface area contributed by atoms with Crippen molar-refractivity contribution in [2.24, 2.45) is 17.8 Å². The molecule has 20 heavy (non-hydrogen) atoms. The van der Waals surface area contributed by atoms with Gasteiger partial charge in [0.05, 0.1) is 0 Å². The zero-order valence-electron chi connectivity index (χ0n) is 13.1. The van der Waals surface area contributed by atoms with Gasteiger partial charge >= 0.3 is 0 Å². The molecule has 1 heterocycles. The summed E-state index contributed by atoms with van der Waals surface area (Å²) in [5.41, 5.74) is 4.75. The lowest BCUT2D eigenvalue weighted by atomic mass is 9.58. The molecule has 1 aromatic carbocycles. The number of hydrogen-bond acceptors (Lipinski definition) is 1. The van der Waals surface area contributed by atoms with Gasteiger partial charge in [0, 0.05) is 11.7 Å². The van der Waals surface area contributed by atoms with Crippen LogP contribution < -0.4 is 5.32 Å². The number of anilines is 1. The minimum absolute atomic E-state index is 0.324. The van der Waals surface area contributed by atoms with Crippen molar-refractivity contribution in [3.05, 3.63) is 29.3 Å². The van der Waals surface area contributed by atoms with E-state index in [1.807, 2.05) is 0 Å². The van der Waals surface area contributed by atoms with Gasteiger partial charge in [-0.15, -0.1) is 0 Å². The topological polar surface area (TPSA) is 12.0 Å². The summed E-state index contributed by atoms with van der Waals surface area (Å²) in [6, 6.07) is 7.57. The van der Waals surface area contributed by atoms with E-state index in [9.17, 15) is 0 Å². The second kappa shape index (κ2) is 4.26. The maximum absolute atomic E-state index is 3.99. The number of fused-ring (bicyclic) bond motifs is 4. The van der Waals surface area contributed by atoms with Crippen LogP contribution >= 0.6 is 0 Å². The van der Waals surface area contributed by atoms with Gasteiger partial charge in [0.15, 0.2) is 0 Å². The Kier molecular flexibility index (Phi) is 2.71. The van der Waals surface area contributed by atoms with Crippen molar-refractivity contribution in [2.45, 2.75) is 64.3 Å². The predicted molar refractivity (Wildman–Crippen MR) is 85.2 cm³/mol. The highest BCUT2D eigenvalue weighted by Crippen LogP contribution is 2.54. The van der Waals surface area contributed by atoms with Gasteiger partial charge < -0.3 is 5.32 Å². The maximum atomic E-state index is 3.99. The zero-order valence-corrected chi connectivity index (χ0v) is 13.1. The highest BCUT2D eigenvalue weighted by molar-refractivity contribution is 5.63. The monoisotopic (exact) mass is 269 g/mol. The average molecular weight is 269 g/mol. The Balaban J connectivity index is 1.81. The minimum Gasteiger partial charge on any atom is -0.381 e. The van der Waals surface area contributed by atoms with Gasteiger partial charge in [-0.05, 0) is 60.5 Å². The van der Waals surface area contributed by atoms with Gasteiger partial charge in [-0.25, -0.2) is 0 Å². The molecular formula is C19H27N. The highest BCUT2D eigenvalue weighted by atomic mass is 15.0. The second-order valence-corrected chi connectivity index (χ2v) is 7.93. The lowest BCUT2D eigenvalue weighted by Crippen LogP contribution is -2.53. The van der Waals surface area contributed by atoms with E-state index in [1.54, 1.807) is 5.56 Å². The number of aryl methyl sites for hydroxylation is 1. The van der Waals surface area contributed by atoms with Crippen molar-refractivity contribution >= 4 is 5.69 Å². The average Bonchev–Trinajstić information content (AvgIpc) is 2.89. The molecule has 1 heteroatoms. The van der Waals surface area contributed by atoms with Crippen molar-refractivity contribution in [3.8, 4) is 0 Å². The normalized spacial score (nSPS) is 37.5.